The number of nitrogens with zero attached hydrogens (tertiary/aromatic N) is 3. The van der Waals surface area contributed by atoms with Gasteiger partial charge in [-0.2, -0.15) is 0 Å². The highest BCUT2D eigenvalue weighted by Crippen LogP contribution is 2.21. The number of piperazine rings is 1. The Bertz CT molecular complexity index is 379. The number of hydrogen-bond donors (Lipinski definition) is 1. The van der Waals surface area contributed by atoms with E-state index < -0.39 is 6.10 Å². The van der Waals surface area contributed by atoms with Gasteiger partial charge in [0, 0.05) is 25.2 Å². The number of rotatable bonds is 2. The topological polar surface area (TPSA) is 39.6 Å². The molecule has 2 rings (SSSR count). The monoisotopic (exact) mass is 249 g/mol. The molecule has 1 aromatic heterocycles. The molecule has 1 saturated heterocycles. The normalized spacial score (nSPS) is 27.3. The highest BCUT2D eigenvalue weighted by Gasteiger charge is 2.26. The maximum Gasteiger partial charge on any atom is 0.0931 e. The molecule has 1 aromatic rings. The molecule has 0 amide bonds. The van der Waals surface area contributed by atoms with Gasteiger partial charge < -0.3 is 10.0 Å². The second-order valence-corrected chi connectivity index (χ2v) is 5.39. The lowest BCUT2D eigenvalue weighted by Gasteiger charge is -2.43. The Morgan fingerprint density at radius 3 is 2.33 bits per heavy atom. The molecular weight excluding hydrogens is 226 g/mol. The third-order valence-electron chi connectivity index (χ3n) is 3.92. The Morgan fingerprint density at radius 2 is 1.89 bits per heavy atom. The lowest BCUT2D eigenvalue weighted by Crippen LogP contribution is -2.55. The lowest BCUT2D eigenvalue weighted by molar-refractivity contribution is 0.170. The Labute approximate surface area is 109 Å². The minimum absolute atomic E-state index is 0.496. The van der Waals surface area contributed by atoms with Crippen molar-refractivity contribution in [1.29, 1.82) is 0 Å². The summed E-state index contributed by atoms with van der Waals surface area (Å²) in [7, 11) is 2.18. The van der Waals surface area contributed by atoms with Crippen molar-refractivity contribution in [3.63, 3.8) is 0 Å². The van der Waals surface area contributed by atoms with Crippen LogP contribution >= 0.6 is 0 Å². The van der Waals surface area contributed by atoms with Crippen molar-refractivity contribution in [2.45, 2.75) is 39.0 Å². The fraction of sp³-hybridized carbons (Fsp3) is 0.643. The van der Waals surface area contributed by atoms with Crippen molar-refractivity contribution < 1.29 is 5.11 Å². The first-order valence-electron chi connectivity index (χ1n) is 6.60. The zero-order chi connectivity index (χ0) is 13.3. The van der Waals surface area contributed by atoms with Gasteiger partial charge in [-0.15, -0.1) is 0 Å². The van der Waals surface area contributed by atoms with Gasteiger partial charge in [0.05, 0.1) is 23.7 Å². The molecule has 1 aliphatic rings. The first kappa shape index (κ1) is 13.3. The summed E-state index contributed by atoms with van der Waals surface area (Å²) in [5.74, 6) is 0. The molecule has 1 fully saturated rings. The number of likely N-dealkylation sites (N-methyl/N-ethyl adjacent to an activating group) is 1. The smallest absolute Gasteiger partial charge is 0.0931 e. The number of anilines is 1. The summed E-state index contributed by atoms with van der Waals surface area (Å²) in [6, 6.07) is 5.06. The van der Waals surface area contributed by atoms with Crippen molar-refractivity contribution in [1.82, 2.24) is 9.88 Å². The van der Waals surface area contributed by atoms with Gasteiger partial charge in [-0.3, -0.25) is 9.88 Å². The number of aromatic nitrogens is 1. The van der Waals surface area contributed by atoms with Gasteiger partial charge in [-0.05, 0) is 40.0 Å². The third-order valence-corrected chi connectivity index (χ3v) is 3.92. The number of hydrogen-bond acceptors (Lipinski definition) is 4. The highest BCUT2D eigenvalue weighted by molar-refractivity contribution is 5.45. The first-order chi connectivity index (χ1) is 8.49. The molecule has 0 saturated carbocycles. The summed E-state index contributed by atoms with van der Waals surface area (Å²) in [4.78, 5) is 9.10. The van der Waals surface area contributed by atoms with Crippen LogP contribution in [0.3, 0.4) is 0 Å². The molecule has 2 unspecified atom stereocenters. The number of aliphatic hydroxyl groups is 1. The van der Waals surface area contributed by atoms with E-state index in [2.05, 4.69) is 41.7 Å². The number of aliphatic hydroxyl groups excluding tert-OH is 1. The van der Waals surface area contributed by atoms with E-state index in [9.17, 15) is 5.11 Å². The van der Waals surface area contributed by atoms with Crippen LogP contribution in [0.1, 0.15) is 32.6 Å². The second-order valence-electron chi connectivity index (χ2n) is 5.39. The third kappa shape index (κ3) is 2.65. The summed E-state index contributed by atoms with van der Waals surface area (Å²) in [6.07, 6.45) is 1.37. The van der Waals surface area contributed by atoms with E-state index in [0.717, 1.165) is 24.5 Å². The minimum Gasteiger partial charge on any atom is -0.387 e. The molecule has 100 valence electrons. The molecule has 18 heavy (non-hydrogen) atoms. The average Bonchev–Trinajstić information content (AvgIpc) is 2.35. The lowest BCUT2D eigenvalue weighted by atomic mass is 10.1. The van der Waals surface area contributed by atoms with E-state index in [-0.39, 0.29) is 0 Å². The van der Waals surface area contributed by atoms with E-state index in [1.165, 1.54) is 0 Å². The van der Waals surface area contributed by atoms with Crippen molar-refractivity contribution in [2.75, 3.05) is 25.0 Å². The van der Waals surface area contributed by atoms with Crippen LogP contribution in [0.4, 0.5) is 5.69 Å². The zero-order valence-electron chi connectivity index (χ0n) is 11.7. The summed E-state index contributed by atoms with van der Waals surface area (Å²) in [6.45, 7) is 8.29. The van der Waals surface area contributed by atoms with Gasteiger partial charge in [0.25, 0.3) is 0 Å². The van der Waals surface area contributed by atoms with Crippen LogP contribution in [0.5, 0.6) is 0 Å². The Kier molecular flexibility index (Phi) is 3.88. The fourth-order valence-electron chi connectivity index (χ4n) is 2.45. The predicted octanol–water partition coefficient (Wildman–Crippen LogP) is 1.66. The Morgan fingerprint density at radius 1 is 1.28 bits per heavy atom. The maximum atomic E-state index is 9.46. The average molecular weight is 249 g/mol. The Hall–Kier alpha value is -1.13. The Balaban J connectivity index is 2.12. The molecule has 1 aliphatic heterocycles. The maximum absolute atomic E-state index is 9.46. The van der Waals surface area contributed by atoms with E-state index in [4.69, 9.17) is 0 Å². The van der Waals surface area contributed by atoms with E-state index >= 15 is 0 Å². The van der Waals surface area contributed by atoms with Gasteiger partial charge in [-0.25, -0.2) is 0 Å². The molecule has 0 aliphatic carbocycles. The van der Waals surface area contributed by atoms with Crippen LogP contribution in [-0.4, -0.2) is 47.2 Å². The van der Waals surface area contributed by atoms with E-state index in [1.54, 1.807) is 6.92 Å². The zero-order valence-corrected chi connectivity index (χ0v) is 11.7. The first-order valence-corrected chi connectivity index (χ1v) is 6.60. The molecule has 0 spiro atoms. The van der Waals surface area contributed by atoms with Gasteiger partial charge in [0.1, 0.15) is 0 Å². The SMILES string of the molecule is CC1CN(c2ccc([C@@H](C)O)nc2)CC(C)N1C. The predicted molar refractivity (Wildman–Crippen MR) is 73.8 cm³/mol. The fourth-order valence-corrected chi connectivity index (χ4v) is 2.45. The van der Waals surface area contributed by atoms with Gasteiger partial charge >= 0.3 is 0 Å². The van der Waals surface area contributed by atoms with E-state index in [1.807, 2.05) is 12.3 Å². The molecule has 0 aromatic carbocycles. The van der Waals surface area contributed by atoms with Crippen molar-refractivity contribution >= 4 is 5.69 Å². The molecule has 4 nitrogen and oxygen atoms in total. The molecule has 2 heterocycles. The van der Waals surface area contributed by atoms with Crippen molar-refractivity contribution in [2.24, 2.45) is 0 Å². The summed E-state index contributed by atoms with van der Waals surface area (Å²) < 4.78 is 0. The summed E-state index contributed by atoms with van der Waals surface area (Å²) in [5.41, 5.74) is 1.88. The van der Waals surface area contributed by atoms with Crippen molar-refractivity contribution in [3.8, 4) is 0 Å². The number of pyridine rings is 1. The molecule has 1 N–H and O–H groups in total. The molecule has 4 heteroatoms. The van der Waals surface area contributed by atoms with Crippen LogP contribution in [0, 0.1) is 0 Å². The van der Waals surface area contributed by atoms with Crippen LogP contribution in [0.25, 0.3) is 0 Å². The van der Waals surface area contributed by atoms with Crippen LogP contribution in [0.2, 0.25) is 0 Å². The molecule has 3 atom stereocenters. The molecule has 0 bridgehead atoms. The standard InChI is InChI=1S/C14H23N3O/c1-10-8-17(9-11(2)16(10)4)13-5-6-14(12(3)18)15-7-13/h5-7,10-12,18H,8-9H2,1-4H3/t10?,11?,12-/m1/s1. The quantitative estimate of drug-likeness (QED) is 0.865. The highest BCUT2D eigenvalue weighted by atomic mass is 16.3. The molecule has 0 radical (unpaired) electrons. The largest absolute Gasteiger partial charge is 0.387 e. The van der Waals surface area contributed by atoms with Crippen molar-refractivity contribution in [3.05, 3.63) is 24.0 Å². The van der Waals surface area contributed by atoms with E-state index in [0.29, 0.717) is 12.1 Å². The summed E-state index contributed by atoms with van der Waals surface area (Å²) in [5, 5.41) is 9.46. The summed E-state index contributed by atoms with van der Waals surface area (Å²) >= 11 is 0. The molecular formula is C14H23N3O. The van der Waals surface area contributed by atoms with Crippen LogP contribution < -0.4 is 4.90 Å². The van der Waals surface area contributed by atoms with Gasteiger partial charge in [0.15, 0.2) is 0 Å². The van der Waals surface area contributed by atoms with Gasteiger partial charge in [0.2, 0.25) is 0 Å². The van der Waals surface area contributed by atoms with Crippen LogP contribution in [0.15, 0.2) is 18.3 Å². The van der Waals surface area contributed by atoms with Crippen LogP contribution in [-0.2, 0) is 0 Å². The second kappa shape index (κ2) is 5.24. The minimum atomic E-state index is -0.496. The van der Waals surface area contributed by atoms with Gasteiger partial charge in [-0.1, -0.05) is 0 Å².